The minimum Gasteiger partial charge on any atom is -0.304 e. The van der Waals surface area contributed by atoms with Crippen molar-refractivity contribution >= 4 is 0 Å². The van der Waals surface area contributed by atoms with Crippen molar-refractivity contribution in [1.82, 2.24) is 9.80 Å². The maximum atomic E-state index is 13.7. The molecule has 94 valence electrons. The van der Waals surface area contributed by atoms with E-state index >= 15 is 0 Å². The van der Waals surface area contributed by atoms with Gasteiger partial charge in [-0.05, 0) is 7.05 Å². The van der Waals surface area contributed by atoms with E-state index in [9.17, 15) is 22.0 Å². The summed E-state index contributed by atoms with van der Waals surface area (Å²) in [5, 5.41) is 0. The number of likely N-dealkylation sites (N-methyl/N-ethyl adjacent to an activating group) is 1. The highest BCUT2D eigenvalue weighted by Crippen LogP contribution is 2.42. The molecule has 0 radical (unpaired) electrons. The van der Waals surface area contributed by atoms with E-state index < -0.39 is 17.8 Å². The summed E-state index contributed by atoms with van der Waals surface area (Å²) in [6.07, 6.45) is -5.31. The first kappa shape index (κ1) is 13.4. The smallest absolute Gasteiger partial charge is 0.304 e. The predicted molar refractivity (Wildman–Crippen MR) is 49.2 cm³/mol. The summed E-state index contributed by atoms with van der Waals surface area (Å²) in [6, 6.07) is 0. The lowest BCUT2D eigenvalue weighted by atomic mass is 10.1. The van der Waals surface area contributed by atoms with E-state index in [1.807, 2.05) is 0 Å². The predicted octanol–water partition coefficient (Wildman–Crippen LogP) is 1.95. The van der Waals surface area contributed by atoms with Crippen LogP contribution < -0.4 is 0 Å². The van der Waals surface area contributed by atoms with Crippen LogP contribution in [-0.2, 0) is 0 Å². The van der Waals surface area contributed by atoms with Gasteiger partial charge in [0.15, 0.2) is 5.83 Å². The number of piperazine rings is 1. The zero-order valence-corrected chi connectivity index (χ0v) is 8.82. The minimum absolute atomic E-state index is 0.185. The molecule has 1 aliphatic rings. The monoisotopic (exact) mass is 244 g/mol. The number of hydrogen-bond donors (Lipinski definition) is 0. The normalized spacial score (nSPS) is 24.1. The van der Waals surface area contributed by atoms with Gasteiger partial charge >= 0.3 is 12.0 Å². The maximum Gasteiger partial charge on any atom is 0.443 e. The first-order valence-electron chi connectivity index (χ1n) is 4.73. The van der Waals surface area contributed by atoms with Crippen LogP contribution in [0.5, 0.6) is 0 Å². The molecule has 1 unspecified atom stereocenters. The number of hydrogen-bond acceptors (Lipinski definition) is 2. The van der Waals surface area contributed by atoms with Crippen molar-refractivity contribution in [2.75, 3.05) is 33.2 Å². The quantitative estimate of drug-likeness (QED) is 0.541. The molecule has 0 saturated carbocycles. The second-order valence-corrected chi connectivity index (χ2v) is 3.82. The molecule has 16 heavy (non-hydrogen) atoms. The molecular weight excluding hydrogens is 231 g/mol. The van der Waals surface area contributed by atoms with Gasteiger partial charge in [0, 0.05) is 26.2 Å². The highest BCUT2D eigenvalue weighted by Gasteiger charge is 2.63. The second-order valence-electron chi connectivity index (χ2n) is 3.82. The molecule has 0 aromatic heterocycles. The third-order valence-corrected chi connectivity index (χ3v) is 2.67. The van der Waals surface area contributed by atoms with Crippen molar-refractivity contribution in [3.05, 3.63) is 12.4 Å². The van der Waals surface area contributed by atoms with Crippen LogP contribution in [0.3, 0.4) is 0 Å². The molecule has 1 aliphatic heterocycles. The highest BCUT2D eigenvalue weighted by molar-refractivity contribution is 5.09. The first-order chi connectivity index (χ1) is 7.19. The minimum atomic E-state index is -5.31. The van der Waals surface area contributed by atoms with Crippen LogP contribution in [0.15, 0.2) is 12.4 Å². The summed E-state index contributed by atoms with van der Waals surface area (Å²) in [5.41, 5.74) is 0. The molecule has 1 atom stereocenters. The van der Waals surface area contributed by atoms with Crippen LogP contribution in [0.4, 0.5) is 22.0 Å². The molecule has 0 amide bonds. The molecule has 1 fully saturated rings. The Labute approximate surface area is 90.3 Å². The Morgan fingerprint density at radius 3 is 1.81 bits per heavy atom. The first-order valence-corrected chi connectivity index (χ1v) is 4.73. The molecular formula is C9H13F5N2. The summed E-state index contributed by atoms with van der Waals surface area (Å²) in [5.74, 6) is -6.07. The molecule has 2 nitrogen and oxygen atoms in total. The van der Waals surface area contributed by atoms with Gasteiger partial charge in [-0.25, -0.2) is 8.78 Å². The Hall–Kier alpha value is -0.690. The Kier molecular flexibility index (Phi) is 3.59. The van der Waals surface area contributed by atoms with Gasteiger partial charge in [-0.15, -0.1) is 0 Å². The van der Waals surface area contributed by atoms with Crippen molar-refractivity contribution in [1.29, 1.82) is 0 Å². The number of nitrogens with zero attached hydrogens (tertiary/aromatic N) is 2. The van der Waals surface area contributed by atoms with Gasteiger partial charge in [-0.2, -0.15) is 13.2 Å². The van der Waals surface area contributed by atoms with E-state index in [0.717, 1.165) is 0 Å². The summed E-state index contributed by atoms with van der Waals surface area (Å²) in [6.45, 7) is 2.62. The molecule has 0 bridgehead atoms. The third kappa shape index (κ3) is 2.20. The lowest BCUT2D eigenvalue weighted by molar-refractivity contribution is -0.276. The van der Waals surface area contributed by atoms with E-state index in [2.05, 4.69) is 6.58 Å². The van der Waals surface area contributed by atoms with E-state index in [4.69, 9.17) is 0 Å². The Morgan fingerprint density at radius 2 is 1.50 bits per heavy atom. The van der Waals surface area contributed by atoms with Crippen molar-refractivity contribution in [3.8, 4) is 0 Å². The van der Waals surface area contributed by atoms with Crippen molar-refractivity contribution in [3.63, 3.8) is 0 Å². The lowest BCUT2D eigenvalue weighted by Gasteiger charge is -2.41. The van der Waals surface area contributed by atoms with Crippen LogP contribution in [0, 0.1) is 0 Å². The van der Waals surface area contributed by atoms with E-state index in [-0.39, 0.29) is 26.2 Å². The standard InChI is InChI=1S/C9H13F5N2/c1-7(10)8(11,9(12,13)14)16-5-3-15(2)4-6-16/h1,3-6H2,2H3. The van der Waals surface area contributed by atoms with Crippen LogP contribution in [0.2, 0.25) is 0 Å². The fraction of sp³-hybridized carbons (Fsp3) is 0.778. The summed E-state index contributed by atoms with van der Waals surface area (Å²) in [4.78, 5) is 2.18. The summed E-state index contributed by atoms with van der Waals surface area (Å²) in [7, 11) is 1.70. The second kappa shape index (κ2) is 4.29. The largest absolute Gasteiger partial charge is 0.443 e. The molecule has 1 heterocycles. The maximum absolute atomic E-state index is 13.7. The van der Waals surface area contributed by atoms with Gasteiger partial charge in [-0.1, -0.05) is 6.58 Å². The highest BCUT2D eigenvalue weighted by atomic mass is 19.4. The fourth-order valence-corrected chi connectivity index (χ4v) is 1.62. The Morgan fingerprint density at radius 1 is 1.06 bits per heavy atom. The lowest BCUT2D eigenvalue weighted by Crippen LogP contribution is -2.61. The zero-order chi connectivity index (χ0) is 12.6. The summed E-state index contributed by atoms with van der Waals surface area (Å²) < 4.78 is 64.0. The number of rotatable bonds is 2. The van der Waals surface area contributed by atoms with Crippen molar-refractivity contribution in [2.45, 2.75) is 12.0 Å². The van der Waals surface area contributed by atoms with Gasteiger partial charge in [0.05, 0.1) is 0 Å². The van der Waals surface area contributed by atoms with Gasteiger partial charge in [0.25, 0.3) is 0 Å². The van der Waals surface area contributed by atoms with Gasteiger partial charge < -0.3 is 4.90 Å². The van der Waals surface area contributed by atoms with Crippen molar-refractivity contribution in [2.24, 2.45) is 0 Å². The topological polar surface area (TPSA) is 6.48 Å². The van der Waals surface area contributed by atoms with Gasteiger partial charge in [0.2, 0.25) is 0 Å². The van der Waals surface area contributed by atoms with E-state index in [1.54, 1.807) is 11.9 Å². The van der Waals surface area contributed by atoms with Crippen LogP contribution >= 0.6 is 0 Å². The molecule has 1 rings (SSSR count). The average molecular weight is 244 g/mol. The SMILES string of the molecule is C=C(F)C(F)(N1CCN(C)CC1)C(F)(F)F. The Bertz CT molecular complexity index is 270. The van der Waals surface area contributed by atoms with Gasteiger partial charge in [0.1, 0.15) is 0 Å². The Balaban J connectivity index is 2.91. The number of alkyl halides is 4. The molecule has 1 saturated heterocycles. The van der Waals surface area contributed by atoms with Crippen LogP contribution in [0.1, 0.15) is 0 Å². The van der Waals surface area contributed by atoms with Gasteiger partial charge in [-0.3, -0.25) is 4.90 Å². The molecule has 7 heteroatoms. The van der Waals surface area contributed by atoms with Crippen LogP contribution in [-0.4, -0.2) is 55.0 Å². The average Bonchev–Trinajstić information content (AvgIpc) is 2.15. The third-order valence-electron chi connectivity index (χ3n) is 2.67. The fourth-order valence-electron chi connectivity index (χ4n) is 1.62. The summed E-state index contributed by atoms with van der Waals surface area (Å²) >= 11 is 0. The molecule has 0 N–H and O–H groups in total. The van der Waals surface area contributed by atoms with E-state index in [0.29, 0.717) is 4.90 Å². The number of halogens is 5. The zero-order valence-electron chi connectivity index (χ0n) is 8.82. The van der Waals surface area contributed by atoms with E-state index in [1.165, 1.54) is 0 Å². The van der Waals surface area contributed by atoms with Crippen molar-refractivity contribution < 1.29 is 22.0 Å². The van der Waals surface area contributed by atoms with Crippen LogP contribution in [0.25, 0.3) is 0 Å². The molecule has 0 aromatic carbocycles. The molecule has 0 spiro atoms. The molecule has 0 aliphatic carbocycles. The molecule has 0 aromatic rings.